The maximum atomic E-state index is 5.61. The highest BCUT2D eigenvalue weighted by molar-refractivity contribution is 5.85. The second-order valence-corrected chi connectivity index (χ2v) is 2.72. The number of aryl methyl sites for hydroxylation is 1. The molecule has 3 nitrogen and oxygen atoms in total. The average molecular weight is 174 g/mol. The van der Waals surface area contributed by atoms with Crippen LogP contribution in [0.1, 0.15) is 18.5 Å². The van der Waals surface area contributed by atoms with Gasteiger partial charge in [0.05, 0.1) is 6.20 Å². The number of imidazole rings is 1. The molecule has 2 rings (SSSR count). The summed E-state index contributed by atoms with van der Waals surface area (Å²) in [6.45, 7) is 1.06. The number of nitrogens with two attached hydrogens (primary N) is 1. The van der Waals surface area contributed by atoms with E-state index in [2.05, 4.69) is 9.55 Å². The molecule has 2 heterocycles. The van der Waals surface area contributed by atoms with Gasteiger partial charge in [-0.2, -0.15) is 0 Å². The summed E-state index contributed by atoms with van der Waals surface area (Å²) in [6, 6.07) is 0. The fourth-order valence-corrected chi connectivity index (χ4v) is 1.46. The van der Waals surface area contributed by atoms with Crippen molar-refractivity contribution in [2.75, 3.05) is 5.73 Å². The molecular formula is C7H12ClN3. The molecule has 0 aromatic carbocycles. The number of nitrogen functional groups attached to an aromatic ring is 1. The summed E-state index contributed by atoms with van der Waals surface area (Å²) < 4.78 is 2.10. The van der Waals surface area contributed by atoms with Gasteiger partial charge in [-0.25, -0.2) is 4.98 Å². The van der Waals surface area contributed by atoms with Gasteiger partial charge in [-0.3, -0.25) is 0 Å². The van der Waals surface area contributed by atoms with E-state index in [1.54, 1.807) is 0 Å². The first-order valence-corrected chi connectivity index (χ1v) is 3.68. The molecule has 1 aromatic heterocycles. The zero-order valence-electron chi connectivity index (χ0n) is 6.29. The smallest absolute Gasteiger partial charge is 0.200 e. The van der Waals surface area contributed by atoms with Gasteiger partial charge in [0.25, 0.3) is 0 Å². The zero-order valence-corrected chi connectivity index (χ0v) is 7.10. The van der Waals surface area contributed by atoms with Crippen LogP contribution in [0.3, 0.4) is 0 Å². The molecule has 62 valence electrons. The summed E-state index contributed by atoms with van der Waals surface area (Å²) in [4.78, 5) is 4.04. The standard InChI is InChI=1S/C7H11N3.ClH/c8-7-9-5-6-3-1-2-4-10(6)7;/h5H,1-4H2,(H2,8,9);1H. The van der Waals surface area contributed by atoms with Gasteiger partial charge < -0.3 is 10.3 Å². The van der Waals surface area contributed by atoms with E-state index in [0.29, 0.717) is 5.95 Å². The number of hydrogen-bond donors (Lipinski definition) is 1. The molecule has 11 heavy (non-hydrogen) atoms. The van der Waals surface area contributed by atoms with Crippen LogP contribution in [-0.4, -0.2) is 9.55 Å². The second kappa shape index (κ2) is 3.13. The van der Waals surface area contributed by atoms with Gasteiger partial charge in [0.2, 0.25) is 0 Å². The Kier molecular flexibility index (Phi) is 2.39. The van der Waals surface area contributed by atoms with Crippen molar-refractivity contribution in [3.63, 3.8) is 0 Å². The van der Waals surface area contributed by atoms with Crippen molar-refractivity contribution in [1.29, 1.82) is 0 Å². The molecule has 0 bridgehead atoms. The lowest BCUT2D eigenvalue weighted by Gasteiger charge is -2.14. The molecule has 0 unspecified atom stereocenters. The SMILES string of the molecule is Cl.Nc1ncc2n1CCCC2. The number of anilines is 1. The Morgan fingerprint density at radius 2 is 2.27 bits per heavy atom. The molecule has 1 aromatic rings. The van der Waals surface area contributed by atoms with Gasteiger partial charge in [-0.1, -0.05) is 0 Å². The van der Waals surface area contributed by atoms with Gasteiger partial charge in [0.1, 0.15) is 0 Å². The lowest BCUT2D eigenvalue weighted by atomic mass is 10.1. The third kappa shape index (κ3) is 1.33. The van der Waals surface area contributed by atoms with Gasteiger partial charge >= 0.3 is 0 Å². The fraction of sp³-hybridized carbons (Fsp3) is 0.571. The largest absolute Gasteiger partial charge is 0.369 e. The quantitative estimate of drug-likeness (QED) is 0.641. The zero-order chi connectivity index (χ0) is 6.97. The number of fused-ring (bicyclic) bond motifs is 1. The van der Waals surface area contributed by atoms with Crippen LogP contribution in [0.25, 0.3) is 0 Å². The van der Waals surface area contributed by atoms with Crippen LogP contribution in [0, 0.1) is 0 Å². The van der Waals surface area contributed by atoms with E-state index in [0.717, 1.165) is 13.0 Å². The number of aromatic nitrogens is 2. The Labute approximate surface area is 72.0 Å². The summed E-state index contributed by atoms with van der Waals surface area (Å²) in [5, 5.41) is 0. The average Bonchev–Trinajstić information content (AvgIpc) is 2.34. The van der Waals surface area contributed by atoms with Gasteiger partial charge in [0, 0.05) is 12.2 Å². The maximum Gasteiger partial charge on any atom is 0.200 e. The van der Waals surface area contributed by atoms with Crippen molar-refractivity contribution in [2.24, 2.45) is 0 Å². The molecule has 0 atom stereocenters. The normalized spacial score (nSPS) is 15.3. The molecular weight excluding hydrogens is 162 g/mol. The fourth-order valence-electron chi connectivity index (χ4n) is 1.46. The van der Waals surface area contributed by atoms with E-state index in [-0.39, 0.29) is 12.4 Å². The number of nitrogens with zero attached hydrogens (tertiary/aromatic N) is 2. The first kappa shape index (κ1) is 8.40. The lowest BCUT2D eigenvalue weighted by molar-refractivity contribution is 0.538. The van der Waals surface area contributed by atoms with Gasteiger partial charge in [-0.05, 0) is 19.3 Å². The third-order valence-electron chi connectivity index (χ3n) is 2.03. The van der Waals surface area contributed by atoms with Crippen molar-refractivity contribution in [3.05, 3.63) is 11.9 Å². The van der Waals surface area contributed by atoms with Crippen molar-refractivity contribution < 1.29 is 0 Å². The topological polar surface area (TPSA) is 43.8 Å². The van der Waals surface area contributed by atoms with Crippen molar-refractivity contribution in [3.8, 4) is 0 Å². The minimum Gasteiger partial charge on any atom is -0.369 e. The predicted octanol–water partition coefficient (Wildman–Crippen LogP) is 1.22. The number of rotatable bonds is 0. The molecule has 2 N–H and O–H groups in total. The van der Waals surface area contributed by atoms with Crippen LogP contribution in [0.15, 0.2) is 6.20 Å². The molecule has 0 radical (unpaired) electrons. The van der Waals surface area contributed by atoms with E-state index in [4.69, 9.17) is 5.73 Å². The summed E-state index contributed by atoms with van der Waals surface area (Å²) in [5.41, 5.74) is 6.91. The van der Waals surface area contributed by atoms with Crippen LogP contribution >= 0.6 is 12.4 Å². The first-order chi connectivity index (χ1) is 4.88. The van der Waals surface area contributed by atoms with Crippen LogP contribution in [0.4, 0.5) is 5.95 Å². The third-order valence-corrected chi connectivity index (χ3v) is 2.03. The monoisotopic (exact) mass is 173 g/mol. The molecule has 1 aliphatic rings. The molecule has 0 spiro atoms. The highest BCUT2D eigenvalue weighted by Crippen LogP contribution is 2.16. The predicted molar refractivity (Wildman–Crippen MR) is 46.8 cm³/mol. The van der Waals surface area contributed by atoms with E-state index >= 15 is 0 Å². The molecule has 0 amide bonds. The highest BCUT2D eigenvalue weighted by atomic mass is 35.5. The van der Waals surface area contributed by atoms with E-state index < -0.39 is 0 Å². The second-order valence-electron chi connectivity index (χ2n) is 2.72. The number of halogens is 1. The van der Waals surface area contributed by atoms with Crippen molar-refractivity contribution in [2.45, 2.75) is 25.8 Å². The molecule has 0 fully saturated rings. The molecule has 0 aliphatic carbocycles. The van der Waals surface area contributed by atoms with E-state index in [1.165, 1.54) is 18.5 Å². The summed E-state index contributed by atoms with van der Waals surface area (Å²) in [5.74, 6) is 0.676. The molecule has 0 saturated heterocycles. The summed E-state index contributed by atoms with van der Waals surface area (Å²) in [7, 11) is 0. The van der Waals surface area contributed by atoms with Crippen LogP contribution in [0.2, 0.25) is 0 Å². The van der Waals surface area contributed by atoms with Crippen LogP contribution in [0.5, 0.6) is 0 Å². The lowest BCUT2D eigenvalue weighted by Crippen LogP contribution is -2.11. The van der Waals surface area contributed by atoms with E-state index in [1.807, 2.05) is 6.20 Å². The Morgan fingerprint density at radius 3 is 3.00 bits per heavy atom. The van der Waals surface area contributed by atoms with Crippen molar-refractivity contribution in [1.82, 2.24) is 9.55 Å². The Hall–Kier alpha value is -0.700. The van der Waals surface area contributed by atoms with E-state index in [9.17, 15) is 0 Å². The summed E-state index contributed by atoms with van der Waals surface area (Å²) in [6.07, 6.45) is 5.55. The maximum absolute atomic E-state index is 5.61. The van der Waals surface area contributed by atoms with Gasteiger partial charge in [-0.15, -0.1) is 12.4 Å². The Balaban J connectivity index is 0.000000605. The highest BCUT2D eigenvalue weighted by Gasteiger charge is 2.10. The van der Waals surface area contributed by atoms with Crippen LogP contribution in [-0.2, 0) is 13.0 Å². The first-order valence-electron chi connectivity index (χ1n) is 3.68. The Morgan fingerprint density at radius 1 is 1.45 bits per heavy atom. The summed E-state index contributed by atoms with van der Waals surface area (Å²) >= 11 is 0. The minimum absolute atomic E-state index is 0. The van der Waals surface area contributed by atoms with Crippen molar-refractivity contribution >= 4 is 18.4 Å². The molecule has 0 saturated carbocycles. The Bertz CT molecular complexity index is 244. The molecule has 1 aliphatic heterocycles. The molecule has 4 heteroatoms. The number of hydrogen-bond acceptors (Lipinski definition) is 2. The van der Waals surface area contributed by atoms with Crippen LogP contribution < -0.4 is 5.73 Å². The van der Waals surface area contributed by atoms with Gasteiger partial charge in [0.15, 0.2) is 5.95 Å². The minimum atomic E-state index is 0.